The van der Waals surface area contributed by atoms with Gasteiger partial charge in [-0.2, -0.15) is 4.98 Å². The molecule has 0 amide bonds. The molecule has 0 saturated heterocycles. The van der Waals surface area contributed by atoms with Crippen molar-refractivity contribution < 1.29 is 4.52 Å². The number of aromatic nitrogens is 2. The fourth-order valence-electron chi connectivity index (χ4n) is 1.43. The lowest BCUT2D eigenvalue weighted by atomic mass is 10.0. The van der Waals surface area contributed by atoms with Crippen LogP contribution in [0.15, 0.2) is 33.5 Å². The normalized spacial score (nSPS) is 10.9. The van der Waals surface area contributed by atoms with Crippen LogP contribution < -0.4 is 0 Å². The van der Waals surface area contributed by atoms with Gasteiger partial charge < -0.3 is 4.52 Å². The van der Waals surface area contributed by atoms with Gasteiger partial charge >= 0.3 is 0 Å². The molecule has 1 aromatic carbocycles. The topological polar surface area (TPSA) is 38.9 Å². The number of nitrogens with zero attached hydrogens (tertiary/aromatic N) is 2. The summed E-state index contributed by atoms with van der Waals surface area (Å²) in [5.41, 5.74) is 2.21. The molecule has 0 radical (unpaired) electrons. The quantitative estimate of drug-likeness (QED) is 0.834. The smallest absolute Gasteiger partial charge is 0.257 e. The Morgan fingerprint density at radius 3 is 2.67 bits per heavy atom. The van der Waals surface area contributed by atoms with Crippen molar-refractivity contribution in [3.63, 3.8) is 0 Å². The average molecular weight is 267 g/mol. The molecule has 1 heterocycles. The first-order valence-electron chi connectivity index (χ1n) is 4.75. The molecule has 2 aromatic rings. The Morgan fingerprint density at radius 1 is 1.33 bits per heavy atom. The van der Waals surface area contributed by atoms with Gasteiger partial charge in [0.15, 0.2) is 6.33 Å². The van der Waals surface area contributed by atoms with Crippen LogP contribution in [0.2, 0.25) is 0 Å². The van der Waals surface area contributed by atoms with Crippen molar-refractivity contribution in [2.45, 2.75) is 19.8 Å². The summed E-state index contributed by atoms with van der Waals surface area (Å²) in [6.45, 7) is 4.32. The van der Waals surface area contributed by atoms with Crippen LogP contribution in [0.1, 0.15) is 25.3 Å². The van der Waals surface area contributed by atoms with E-state index in [1.807, 2.05) is 12.1 Å². The third-order valence-corrected chi connectivity index (χ3v) is 2.92. The van der Waals surface area contributed by atoms with Gasteiger partial charge in [0.25, 0.3) is 5.89 Å². The van der Waals surface area contributed by atoms with E-state index in [-0.39, 0.29) is 0 Å². The third-order valence-electron chi connectivity index (χ3n) is 2.23. The van der Waals surface area contributed by atoms with E-state index in [1.165, 1.54) is 11.9 Å². The lowest BCUT2D eigenvalue weighted by Crippen LogP contribution is -1.89. The monoisotopic (exact) mass is 266 g/mol. The fraction of sp³-hybridized carbons (Fsp3) is 0.273. The van der Waals surface area contributed by atoms with E-state index < -0.39 is 0 Å². The molecule has 0 fully saturated rings. The van der Waals surface area contributed by atoms with Crippen molar-refractivity contribution in [2.75, 3.05) is 0 Å². The summed E-state index contributed by atoms with van der Waals surface area (Å²) in [6.07, 6.45) is 1.40. The maximum absolute atomic E-state index is 4.99. The predicted octanol–water partition coefficient (Wildman–Crippen LogP) is 3.62. The first-order valence-corrected chi connectivity index (χ1v) is 5.54. The van der Waals surface area contributed by atoms with Gasteiger partial charge in [-0.15, -0.1) is 0 Å². The van der Waals surface area contributed by atoms with Crippen molar-refractivity contribution in [1.29, 1.82) is 0 Å². The van der Waals surface area contributed by atoms with Crippen molar-refractivity contribution in [1.82, 2.24) is 10.1 Å². The first kappa shape index (κ1) is 10.4. The Hall–Kier alpha value is -1.16. The fourth-order valence-corrected chi connectivity index (χ4v) is 2.27. The molecule has 0 aliphatic rings. The second-order valence-corrected chi connectivity index (χ2v) is 4.49. The number of rotatable bonds is 2. The zero-order chi connectivity index (χ0) is 10.8. The SMILES string of the molecule is CC(C)c1ccc(-c2ncno2)cc1Br. The second-order valence-electron chi connectivity index (χ2n) is 3.64. The summed E-state index contributed by atoms with van der Waals surface area (Å²) in [5.74, 6) is 1.04. The highest BCUT2D eigenvalue weighted by Crippen LogP contribution is 2.28. The molecule has 15 heavy (non-hydrogen) atoms. The molecule has 78 valence electrons. The molecule has 2 rings (SSSR count). The van der Waals surface area contributed by atoms with Crippen molar-refractivity contribution in [3.8, 4) is 11.5 Å². The van der Waals surface area contributed by atoms with Crippen LogP contribution in [0.5, 0.6) is 0 Å². The van der Waals surface area contributed by atoms with Crippen LogP contribution in [-0.2, 0) is 0 Å². The molecule has 0 saturated carbocycles. The minimum absolute atomic E-state index is 0.496. The molecule has 0 aliphatic carbocycles. The summed E-state index contributed by atoms with van der Waals surface area (Å²) in [6, 6.07) is 6.07. The average Bonchev–Trinajstić information content (AvgIpc) is 2.69. The number of halogens is 1. The standard InChI is InChI=1S/C11H11BrN2O/c1-7(2)9-4-3-8(5-10(9)12)11-13-6-14-15-11/h3-7H,1-2H3. The predicted molar refractivity (Wildman–Crippen MR) is 61.5 cm³/mol. The van der Waals surface area contributed by atoms with Gasteiger partial charge in [0.05, 0.1) is 0 Å². The summed E-state index contributed by atoms with van der Waals surface area (Å²) in [4.78, 5) is 4.00. The number of hydrogen-bond acceptors (Lipinski definition) is 3. The van der Waals surface area contributed by atoms with E-state index in [4.69, 9.17) is 4.52 Å². The molecule has 0 bridgehead atoms. The molecule has 0 N–H and O–H groups in total. The van der Waals surface area contributed by atoms with Crippen LogP contribution in [0.25, 0.3) is 11.5 Å². The highest BCUT2D eigenvalue weighted by atomic mass is 79.9. The van der Waals surface area contributed by atoms with E-state index in [2.05, 4.69) is 46.0 Å². The first-order chi connectivity index (χ1) is 7.18. The number of hydrogen-bond donors (Lipinski definition) is 0. The molecule has 0 unspecified atom stereocenters. The highest BCUT2D eigenvalue weighted by molar-refractivity contribution is 9.10. The van der Waals surface area contributed by atoms with E-state index in [9.17, 15) is 0 Å². The Bertz CT molecular complexity index is 452. The summed E-state index contributed by atoms with van der Waals surface area (Å²) < 4.78 is 6.07. The van der Waals surface area contributed by atoms with Gasteiger partial charge in [0.1, 0.15) is 0 Å². The third kappa shape index (κ3) is 2.09. The molecule has 0 atom stereocenters. The Kier molecular flexibility index (Phi) is 2.86. The van der Waals surface area contributed by atoms with Crippen LogP contribution >= 0.6 is 15.9 Å². The van der Waals surface area contributed by atoms with Crippen molar-refractivity contribution >= 4 is 15.9 Å². The molecule has 0 spiro atoms. The Balaban J connectivity index is 2.42. The van der Waals surface area contributed by atoms with Crippen LogP contribution in [0.4, 0.5) is 0 Å². The molecule has 1 aromatic heterocycles. The van der Waals surface area contributed by atoms with Gasteiger partial charge in [-0.25, -0.2) is 0 Å². The molecule has 4 heteroatoms. The van der Waals surface area contributed by atoms with Crippen molar-refractivity contribution in [2.24, 2.45) is 0 Å². The molecular weight excluding hydrogens is 256 g/mol. The summed E-state index contributed by atoms with van der Waals surface area (Å²) >= 11 is 3.54. The van der Waals surface area contributed by atoms with E-state index in [0.717, 1.165) is 10.0 Å². The number of benzene rings is 1. The van der Waals surface area contributed by atoms with E-state index >= 15 is 0 Å². The minimum Gasteiger partial charge on any atom is -0.334 e. The van der Waals surface area contributed by atoms with Gasteiger partial charge in [0.2, 0.25) is 0 Å². The van der Waals surface area contributed by atoms with E-state index in [0.29, 0.717) is 11.8 Å². The summed E-state index contributed by atoms with van der Waals surface area (Å²) in [5, 5.41) is 3.58. The zero-order valence-electron chi connectivity index (χ0n) is 8.57. The Morgan fingerprint density at radius 2 is 2.13 bits per heavy atom. The van der Waals surface area contributed by atoms with Crippen molar-refractivity contribution in [3.05, 3.63) is 34.6 Å². The Labute approximate surface area is 96.6 Å². The largest absolute Gasteiger partial charge is 0.334 e. The lowest BCUT2D eigenvalue weighted by molar-refractivity contribution is 0.430. The van der Waals surface area contributed by atoms with E-state index in [1.54, 1.807) is 0 Å². The van der Waals surface area contributed by atoms with Gasteiger partial charge in [-0.1, -0.05) is 41.0 Å². The second kappa shape index (κ2) is 4.14. The van der Waals surface area contributed by atoms with Crippen LogP contribution in [-0.4, -0.2) is 10.1 Å². The minimum atomic E-state index is 0.496. The molecule has 0 aliphatic heterocycles. The van der Waals surface area contributed by atoms with Gasteiger partial charge in [0, 0.05) is 10.0 Å². The zero-order valence-corrected chi connectivity index (χ0v) is 10.2. The molecule has 3 nitrogen and oxygen atoms in total. The summed E-state index contributed by atoms with van der Waals surface area (Å²) in [7, 11) is 0. The van der Waals surface area contributed by atoms with Gasteiger partial charge in [-0.3, -0.25) is 0 Å². The maximum Gasteiger partial charge on any atom is 0.257 e. The van der Waals surface area contributed by atoms with Crippen LogP contribution in [0.3, 0.4) is 0 Å². The van der Waals surface area contributed by atoms with Gasteiger partial charge in [-0.05, 0) is 23.6 Å². The highest BCUT2D eigenvalue weighted by Gasteiger charge is 2.08. The maximum atomic E-state index is 4.99. The lowest BCUT2D eigenvalue weighted by Gasteiger charge is -2.08. The van der Waals surface area contributed by atoms with Crippen LogP contribution in [0, 0.1) is 0 Å². The molecular formula is C11H11BrN2O.